The van der Waals surface area contributed by atoms with Crippen LogP contribution in [-0.2, 0) is 14.8 Å². The SMILES string of the molecule is COC(c1ccccc1)C1CCN(S(=O)(=O)c2cccc(C)c2)CC1. The van der Waals surface area contributed by atoms with Crippen molar-refractivity contribution in [1.29, 1.82) is 0 Å². The van der Waals surface area contributed by atoms with Crippen LogP contribution >= 0.6 is 0 Å². The summed E-state index contributed by atoms with van der Waals surface area (Å²) in [7, 11) is -1.68. The normalized spacial score (nSPS) is 18.2. The Kier molecular flexibility index (Phi) is 5.57. The van der Waals surface area contributed by atoms with E-state index in [1.807, 2.05) is 31.2 Å². The van der Waals surface area contributed by atoms with Gasteiger partial charge in [-0.2, -0.15) is 4.31 Å². The van der Waals surface area contributed by atoms with Crippen LogP contribution in [0.25, 0.3) is 0 Å². The molecule has 1 aliphatic rings. The molecule has 0 aliphatic carbocycles. The predicted octanol–water partition coefficient (Wildman–Crippen LogP) is 3.78. The van der Waals surface area contributed by atoms with E-state index < -0.39 is 10.0 Å². The van der Waals surface area contributed by atoms with Crippen molar-refractivity contribution in [2.24, 2.45) is 5.92 Å². The summed E-state index contributed by atoms with van der Waals surface area (Å²) < 4.78 is 33.0. The van der Waals surface area contributed by atoms with Crippen molar-refractivity contribution in [2.75, 3.05) is 20.2 Å². The van der Waals surface area contributed by atoms with E-state index in [-0.39, 0.29) is 6.10 Å². The standard InChI is InChI=1S/C20H25NO3S/c1-16-7-6-10-19(15-16)25(22,23)21-13-11-18(12-14-21)20(24-2)17-8-4-3-5-9-17/h3-10,15,18,20H,11-14H2,1-2H3. The smallest absolute Gasteiger partial charge is 0.243 e. The van der Waals surface area contributed by atoms with Gasteiger partial charge in [0.2, 0.25) is 10.0 Å². The summed E-state index contributed by atoms with van der Waals surface area (Å²) in [6, 6.07) is 17.3. The highest BCUT2D eigenvalue weighted by Crippen LogP contribution is 2.34. The minimum Gasteiger partial charge on any atom is -0.376 e. The summed E-state index contributed by atoms with van der Waals surface area (Å²) in [6.45, 7) is 2.98. The lowest BCUT2D eigenvalue weighted by Gasteiger charge is -2.35. The van der Waals surface area contributed by atoms with E-state index in [4.69, 9.17) is 4.74 Å². The Morgan fingerprint density at radius 1 is 1.04 bits per heavy atom. The molecule has 0 spiro atoms. The fourth-order valence-corrected chi connectivity index (χ4v) is 5.16. The van der Waals surface area contributed by atoms with Crippen molar-refractivity contribution in [3.05, 3.63) is 65.7 Å². The molecule has 5 heteroatoms. The average Bonchev–Trinajstić information content (AvgIpc) is 2.64. The molecule has 1 heterocycles. The lowest BCUT2D eigenvalue weighted by Crippen LogP contribution is -2.40. The van der Waals surface area contributed by atoms with Crippen molar-refractivity contribution in [2.45, 2.75) is 30.8 Å². The summed E-state index contributed by atoms with van der Waals surface area (Å²) >= 11 is 0. The van der Waals surface area contributed by atoms with Crippen LogP contribution in [0.4, 0.5) is 0 Å². The van der Waals surface area contributed by atoms with Crippen LogP contribution in [0.1, 0.15) is 30.1 Å². The van der Waals surface area contributed by atoms with E-state index in [0.29, 0.717) is 23.9 Å². The van der Waals surface area contributed by atoms with Gasteiger partial charge in [0.25, 0.3) is 0 Å². The first-order valence-corrected chi connectivity index (χ1v) is 10.1. The topological polar surface area (TPSA) is 46.6 Å². The lowest BCUT2D eigenvalue weighted by molar-refractivity contribution is 0.0303. The Bertz CT molecular complexity index is 797. The number of nitrogens with zero attached hydrogens (tertiary/aromatic N) is 1. The molecule has 1 aliphatic heterocycles. The Morgan fingerprint density at radius 3 is 2.32 bits per heavy atom. The van der Waals surface area contributed by atoms with Crippen molar-refractivity contribution in [1.82, 2.24) is 4.31 Å². The van der Waals surface area contributed by atoms with Crippen LogP contribution < -0.4 is 0 Å². The quantitative estimate of drug-likeness (QED) is 0.816. The van der Waals surface area contributed by atoms with Gasteiger partial charge >= 0.3 is 0 Å². The summed E-state index contributed by atoms with van der Waals surface area (Å²) in [5.74, 6) is 0.330. The molecular weight excluding hydrogens is 334 g/mol. The maximum absolute atomic E-state index is 12.9. The monoisotopic (exact) mass is 359 g/mol. The van der Waals surface area contributed by atoms with Crippen LogP contribution in [-0.4, -0.2) is 32.9 Å². The highest BCUT2D eigenvalue weighted by molar-refractivity contribution is 7.89. The number of sulfonamides is 1. The summed E-state index contributed by atoms with van der Waals surface area (Å²) in [4.78, 5) is 0.386. The number of ether oxygens (including phenoxy) is 1. The van der Waals surface area contributed by atoms with E-state index in [1.165, 1.54) is 0 Å². The first-order chi connectivity index (χ1) is 12.0. The first kappa shape index (κ1) is 18.1. The molecule has 0 bridgehead atoms. The zero-order valence-electron chi connectivity index (χ0n) is 14.8. The summed E-state index contributed by atoms with van der Waals surface area (Å²) in [5.41, 5.74) is 2.12. The van der Waals surface area contributed by atoms with E-state index in [2.05, 4.69) is 12.1 Å². The van der Waals surface area contributed by atoms with Gasteiger partial charge in [-0.15, -0.1) is 0 Å². The lowest BCUT2D eigenvalue weighted by atomic mass is 9.88. The number of methoxy groups -OCH3 is 1. The van der Waals surface area contributed by atoms with Gasteiger partial charge in [0.1, 0.15) is 0 Å². The molecule has 1 atom stereocenters. The fourth-order valence-electron chi connectivity index (χ4n) is 3.59. The minimum absolute atomic E-state index is 0.0185. The molecule has 4 nitrogen and oxygen atoms in total. The van der Waals surface area contributed by atoms with Gasteiger partial charge in [-0.05, 0) is 48.9 Å². The Labute approximate surface area is 150 Å². The first-order valence-electron chi connectivity index (χ1n) is 8.67. The van der Waals surface area contributed by atoms with Gasteiger partial charge in [-0.25, -0.2) is 8.42 Å². The molecule has 0 amide bonds. The Hall–Kier alpha value is -1.69. The second-order valence-electron chi connectivity index (χ2n) is 6.63. The van der Waals surface area contributed by atoms with Gasteiger partial charge in [0.15, 0.2) is 0 Å². The van der Waals surface area contributed by atoms with E-state index >= 15 is 0 Å². The molecule has 0 aromatic heterocycles. The third kappa shape index (κ3) is 3.94. The Balaban J connectivity index is 1.71. The number of hydrogen-bond acceptors (Lipinski definition) is 3. The van der Waals surface area contributed by atoms with Crippen molar-refractivity contribution in [3.8, 4) is 0 Å². The third-order valence-electron chi connectivity index (χ3n) is 4.94. The molecular formula is C20H25NO3S. The van der Waals surface area contributed by atoms with Crippen molar-refractivity contribution < 1.29 is 13.2 Å². The van der Waals surface area contributed by atoms with E-state index in [9.17, 15) is 8.42 Å². The molecule has 0 saturated carbocycles. The Morgan fingerprint density at radius 2 is 1.72 bits per heavy atom. The largest absolute Gasteiger partial charge is 0.376 e. The van der Waals surface area contributed by atoms with Crippen LogP contribution in [0, 0.1) is 12.8 Å². The molecule has 0 N–H and O–H groups in total. The maximum atomic E-state index is 12.9. The second-order valence-corrected chi connectivity index (χ2v) is 8.56. The van der Waals surface area contributed by atoms with Gasteiger partial charge in [0, 0.05) is 20.2 Å². The van der Waals surface area contributed by atoms with Gasteiger partial charge in [-0.1, -0.05) is 42.5 Å². The average molecular weight is 359 g/mol. The molecule has 2 aromatic rings. The predicted molar refractivity (Wildman–Crippen MR) is 98.9 cm³/mol. The zero-order valence-corrected chi connectivity index (χ0v) is 15.6. The number of benzene rings is 2. The second kappa shape index (κ2) is 7.68. The summed E-state index contributed by atoms with van der Waals surface area (Å²) in [5, 5.41) is 0. The summed E-state index contributed by atoms with van der Waals surface area (Å²) in [6.07, 6.45) is 1.63. The molecule has 0 radical (unpaired) electrons. The molecule has 134 valence electrons. The molecule has 2 aromatic carbocycles. The van der Waals surface area contributed by atoms with E-state index in [0.717, 1.165) is 24.0 Å². The third-order valence-corrected chi connectivity index (χ3v) is 6.83. The molecule has 1 fully saturated rings. The molecule has 3 rings (SSSR count). The minimum atomic E-state index is -3.41. The molecule has 1 unspecified atom stereocenters. The van der Waals surface area contributed by atoms with Crippen LogP contribution in [0.5, 0.6) is 0 Å². The highest BCUT2D eigenvalue weighted by atomic mass is 32.2. The van der Waals surface area contributed by atoms with Gasteiger partial charge in [-0.3, -0.25) is 0 Å². The van der Waals surface area contributed by atoms with Crippen LogP contribution in [0.2, 0.25) is 0 Å². The van der Waals surface area contributed by atoms with Gasteiger partial charge < -0.3 is 4.74 Å². The van der Waals surface area contributed by atoms with Gasteiger partial charge in [0.05, 0.1) is 11.0 Å². The number of piperidine rings is 1. The maximum Gasteiger partial charge on any atom is 0.243 e. The van der Waals surface area contributed by atoms with Crippen molar-refractivity contribution in [3.63, 3.8) is 0 Å². The molecule has 25 heavy (non-hydrogen) atoms. The number of rotatable bonds is 5. The number of aryl methyl sites for hydroxylation is 1. The fraction of sp³-hybridized carbons (Fsp3) is 0.400. The number of hydrogen-bond donors (Lipinski definition) is 0. The highest BCUT2D eigenvalue weighted by Gasteiger charge is 2.33. The van der Waals surface area contributed by atoms with Crippen LogP contribution in [0.15, 0.2) is 59.5 Å². The van der Waals surface area contributed by atoms with E-state index in [1.54, 1.807) is 29.6 Å². The molecule has 1 saturated heterocycles. The zero-order chi connectivity index (χ0) is 17.9. The van der Waals surface area contributed by atoms with Crippen LogP contribution in [0.3, 0.4) is 0 Å². The van der Waals surface area contributed by atoms with Crippen molar-refractivity contribution >= 4 is 10.0 Å².